The fourth-order valence-electron chi connectivity index (χ4n) is 8.43. The van der Waals surface area contributed by atoms with E-state index in [0.717, 1.165) is 0 Å². The summed E-state index contributed by atoms with van der Waals surface area (Å²) in [6.45, 7) is 28.6. The van der Waals surface area contributed by atoms with Crippen molar-refractivity contribution in [3.05, 3.63) is 117 Å². The molecule has 4 aromatic rings. The van der Waals surface area contributed by atoms with Gasteiger partial charge >= 0.3 is 0 Å². The van der Waals surface area contributed by atoms with Crippen LogP contribution >= 0.6 is 7.92 Å². The first-order chi connectivity index (χ1) is 23.1. The molecule has 0 aliphatic heterocycles. The average Bonchev–Trinajstić information content (AvgIpc) is 3.64. The minimum absolute atomic E-state index is 0.0537. The van der Waals surface area contributed by atoms with Crippen LogP contribution in [0.15, 0.2) is 72.8 Å². The molecule has 0 saturated heterocycles. The molecule has 1 nitrogen and oxygen atoms in total. The van der Waals surface area contributed by atoms with Gasteiger partial charge in [0.1, 0.15) is 0 Å². The van der Waals surface area contributed by atoms with Crippen LogP contribution in [0.3, 0.4) is 0 Å². The van der Waals surface area contributed by atoms with Crippen molar-refractivity contribution in [2.24, 2.45) is 0 Å². The van der Waals surface area contributed by atoms with Gasteiger partial charge in [0.2, 0.25) is 0 Å². The molecule has 0 fully saturated rings. The molecule has 0 radical (unpaired) electrons. The summed E-state index contributed by atoms with van der Waals surface area (Å²) in [5.74, 6) is 1.09. The zero-order chi connectivity index (χ0) is 36.6. The summed E-state index contributed by atoms with van der Waals surface area (Å²) in [5.41, 5.74) is 13.8. The molecule has 0 spiro atoms. The van der Waals surface area contributed by atoms with E-state index in [9.17, 15) is 0 Å². The highest BCUT2D eigenvalue weighted by atomic mass is 31.1. The van der Waals surface area contributed by atoms with Crippen molar-refractivity contribution in [2.45, 2.75) is 142 Å². The van der Waals surface area contributed by atoms with Crippen LogP contribution in [0.4, 0.5) is 5.69 Å². The van der Waals surface area contributed by atoms with Crippen molar-refractivity contribution < 1.29 is 0 Å². The standard InChI is InChI=1S/C48H64NP/c1-45(2,3)33-25-34(46(4,5)6)28-37(27-33)50(38-29-35(47(7,8)9)26-36(30-38)48(10,11)12)42-20-16-18-32-22-24-40(44(32)42)39-23-21-31-17-15-19-41(43(31)39)49(13)14/h15-20,25-30,39-40H,21-24H2,1-14H3/t39-,40?/m1/s1. The lowest BCUT2D eigenvalue weighted by Gasteiger charge is -2.33. The Morgan fingerprint density at radius 1 is 0.500 bits per heavy atom. The second-order valence-corrected chi connectivity index (χ2v) is 21.9. The summed E-state index contributed by atoms with van der Waals surface area (Å²) in [6.07, 6.45) is 4.86. The van der Waals surface area contributed by atoms with Crippen LogP contribution in [-0.4, -0.2) is 14.1 Å². The molecule has 0 aromatic heterocycles. The summed E-state index contributed by atoms with van der Waals surface area (Å²) in [4.78, 5) is 2.35. The molecule has 50 heavy (non-hydrogen) atoms. The Labute approximate surface area is 307 Å². The molecule has 4 aromatic carbocycles. The van der Waals surface area contributed by atoms with E-state index in [1.165, 1.54) is 64.2 Å². The van der Waals surface area contributed by atoms with E-state index in [-0.39, 0.29) is 21.7 Å². The van der Waals surface area contributed by atoms with Crippen LogP contribution in [0.5, 0.6) is 0 Å². The molecule has 2 atom stereocenters. The lowest BCUT2D eigenvalue weighted by atomic mass is 9.81. The minimum atomic E-state index is -0.841. The second-order valence-electron chi connectivity index (χ2n) is 19.8. The number of anilines is 1. The Hall–Kier alpha value is -2.89. The highest BCUT2D eigenvalue weighted by Gasteiger charge is 2.40. The van der Waals surface area contributed by atoms with E-state index in [1.54, 1.807) is 27.6 Å². The first-order valence-corrected chi connectivity index (χ1v) is 20.5. The first kappa shape index (κ1) is 36.9. The second kappa shape index (κ2) is 13.0. The van der Waals surface area contributed by atoms with Gasteiger partial charge in [-0.05, 0) is 134 Å². The summed E-state index contributed by atoms with van der Waals surface area (Å²) in [5, 5.41) is 4.60. The van der Waals surface area contributed by atoms with Crippen LogP contribution in [0.25, 0.3) is 0 Å². The SMILES string of the molecule is CN(C)c1cccc2c1[C@@H](C1CCc3cccc(P(c4cc(C(C)(C)C)cc(C(C)(C)C)c4)c4cc(C(C)(C)C)cc(C(C)(C)C)c4)c31)CC2. The van der Waals surface area contributed by atoms with Gasteiger partial charge in [-0.15, -0.1) is 0 Å². The van der Waals surface area contributed by atoms with Crippen molar-refractivity contribution >= 4 is 29.5 Å². The number of fused-ring (bicyclic) bond motifs is 2. The Bertz CT molecular complexity index is 1740. The van der Waals surface area contributed by atoms with Crippen molar-refractivity contribution in [3.8, 4) is 0 Å². The fourth-order valence-corrected chi connectivity index (χ4v) is 11.1. The monoisotopic (exact) mass is 685 g/mol. The van der Waals surface area contributed by atoms with E-state index in [0.29, 0.717) is 11.8 Å². The zero-order valence-electron chi connectivity index (χ0n) is 33.8. The van der Waals surface area contributed by atoms with Gasteiger partial charge in [0.25, 0.3) is 0 Å². The summed E-state index contributed by atoms with van der Waals surface area (Å²) >= 11 is 0. The number of hydrogen-bond donors (Lipinski definition) is 0. The van der Waals surface area contributed by atoms with Gasteiger partial charge in [0, 0.05) is 19.8 Å². The maximum atomic E-state index is 2.60. The van der Waals surface area contributed by atoms with Gasteiger partial charge in [0.05, 0.1) is 0 Å². The normalized spacial score (nSPS) is 18.1. The van der Waals surface area contributed by atoms with Crippen molar-refractivity contribution in [3.63, 3.8) is 0 Å². The lowest BCUT2D eigenvalue weighted by molar-refractivity contribution is 0.532. The Morgan fingerprint density at radius 3 is 1.28 bits per heavy atom. The van der Waals surface area contributed by atoms with Crippen molar-refractivity contribution in [1.82, 2.24) is 0 Å². The van der Waals surface area contributed by atoms with Crippen LogP contribution in [-0.2, 0) is 34.5 Å². The molecular weight excluding hydrogens is 622 g/mol. The molecule has 6 rings (SSSR count). The van der Waals surface area contributed by atoms with Crippen LogP contribution in [0, 0.1) is 0 Å². The van der Waals surface area contributed by atoms with Crippen LogP contribution in [0.2, 0.25) is 0 Å². The third-order valence-electron chi connectivity index (χ3n) is 11.6. The predicted octanol–water partition coefficient (Wildman–Crippen LogP) is 11.5. The first-order valence-electron chi connectivity index (χ1n) is 19.2. The van der Waals surface area contributed by atoms with E-state index < -0.39 is 7.92 Å². The van der Waals surface area contributed by atoms with E-state index in [2.05, 4.69) is 175 Å². The smallest absolute Gasteiger partial charge is 0.0399 e. The van der Waals surface area contributed by atoms with Gasteiger partial charge in [-0.2, -0.15) is 0 Å². The number of nitrogens with zero attached hydrogens (tertiary/aromatic N) is 1. The third kappa shape index (κ3) is 7.11. The molecular formula is C48H64NP. The van der Waals surface area contributed by atoms with Gasteiger partial charge in [-0.25, -0.2) is 0 Å². The molecule has 2 aliphatic carbocycles. The molecule has 0 heterocycles. The third-order valence-corrected chi connectivity index (χ3v) is 14.0. The van der Waals surface area contributed by atoms with Gasteiger partial charge in [-0.1, -0.05) is 150 Å². The molecule has 0 amide bonds. The number of aryl methyl sites for hydroxylation is 2. The summed E-state index contributed by atoms with van der Waals surface area (Å²) in [7, 11) is 3.61. The molecule has 0 saturated carbocycles. The molecule has 0 N–H and O–H groups in total. The quantitative estimate of drug-likeness (QED) is 0.189. The average molecular weight is 686 g/mol. The highest BCUT2D eigenvalue weighted by molar-refractivity contribution is 7.80. The van der Waals surface area contributed by atoms with E-state index in [4.69, 9.17) is 0 Å². The van der Waals surface area contributed by atoms with Crippen LogP contribution < -0.4 is 20.8 Å². The molecule has 266 valence electrons. The zero-order valence-corrected chi connectivity index (χ0v) is 34.7. The highest BCUT2D eigenvalue weighted by Crippen LogP contribution is 2.53. The fraction of sp³-hybridized carbons (Fsp3) is 0.500. The molecule has 2 heteroatoms. The maximum Gasteiger partial charge on any atom is 0.0399 e. The van der Waals surface area contributed by atoms with Crippen LogP contribution in [0.1, 0.15) is 152 Å². The van der Waals surface area contributed by atoms with Crippen molar-refractivity contribution in [2.75, 3.05) is 19.0 Å². The number of rotatable bonds is 5. The Kier molecular flexibility index (Phi) is 9.56. The maximum absolute atomic E-state index is 2.60. The summed E-state index contributed by atoms with van der Waals surface area (Å²) in [6, 6.07) is 29.8. The molecule has 2 aliphatic rings. The molecule has 1 unspecified atom stereocenters. The minimum Gasteiger partial charge on any atom is -0.377 e. The Balaban J connectivity index is 1.66. The van der Waals surface area contributed by atoms with Gasteiger partial charge in [0.15, 0.2) is 0 Å². The van der Waals surface area contributed by atoms with Gasteiger partial charge < -0.3 is 4.90 Å². The number of hydrogen-bond acceptors (Lipinski definition) is 1. The van der Waals surface area contributed by atoms with E-state index >= 15 is 0 Å². The van der Waals surface area contributed by atoms with Crippen molar-refractivity contribution in [1.29, 1.82) is 0 Å². The predicted molar refractivity (Wildman–Crippen MR) is 223 cm³/mol. The van der Waals surface area contributed by atoms with Gasteiger partial charge in [-0.3, -0.25) is 0 Å². The summed E-state index contributed by atoms with van der Waals surface area (Å²) < 4.78 is 0. The largest absolute Gasteiger partial charge is 0.377 e. The van der Waals surface area contributed by atoms with E-state index in [1.807, 2.05) is 0 Å². The lowest BCUT2D eigenvalue weighted by Crippen LogP contribution is -2.30. The Morgan fingerprint density at radius 2 is 0.880 bits per heavy atom. The molecule has 0 bridgehead atoms. The topological polar surface area (TPSA) is 3.24 Å². The number of benzene rings is 4.